The molecule has 1 atom stereocenters. The van der Waals surface area contributed by atoms with Gasteiger partial charge in [-0.1, -0.05) is 24.3 Å². The molecule has 2 aliphatic heterocycles. The Balaban J connectivity index is 1.32. The van der Waals surface area contributed by atoms with E-state index < -0.39 is 0 Å². The van der Waals surface area contributed by atoms with Gasteiger partial charge >= 0.3 is 0 Å². The Morgan fingerprint density at radius 2 is 1.93 bits per heavy atom. The van der Waals surface area contributed by atoms with Crippen LogP contribution in [-0.2, 0) is 9.53 Å². The van der Waals surface area contributed by atoms with Gasteiger partial charge in [-0.15, -0.1) is 0 Å². The van der Waals surface area contributed by atoms with E-state index in [1.54, 1.807) is 6.07 Å². The van der Waals surface area contributed by atoms with Crippen molar-refractivity contribution in [2.24, 2.45) is 11.8 Å². The van der Waals surface area contributed by atoms with E-state index in [1.807, 2.05) is 35.2 Å². The summed E-state index contributed by atoms with van der Waals surface area (Å²) in [4.78, 5) is 31.7. The number of hydrogen-bond acceptors (Lipinski definition) is 4. The Morgan fingerprint density at radius 1 is 1.11 bits per heavy atom. The molecular weight excluding hydrogens is 354 g/mol. The summed E-state index contributed by atoms with van der Waals surface area (Å²) in [5, 5.41) is 4.03. The van der Waals surface area contributed by atoms with Gasteiger partial charge in [-0.3, -0.25) is 9.59 Å². The molecule has 0 spiro atoms. The summed E-state index contributed by atoms with van der Waals surface area (Å²) in [6.07, 6.45) is 3.67. The number of nitrogens with one attached hydrogen (secondary N) is 1. The number of pyridine rings is 1. The normalized spacial score (nSPS) is 20.9. The number of amides is 2. The van der Waals surface area contributed by atoms with Crippen LogP contribution < -0.4 is 5.32 Å². The lowest BCUT2D eigenvalue weighted by Crippen LogP contribution is -2.46. The molecule has 2 aliphatic rings. The summed E-state index contributed by atoms with van der Waals surface area (Å²) in [6, 6.07) is 11.5. The molecule has 1 N–H and O–H groups in total. The molecule has 6 nitrogen and oxygen atoms in total. The molecular formula is C22H27N3O3. The highest BCUT2D eigenvalue weighted by Crippen LogP contribution is 2.22. The molecule has 0 saturated carbocycles. The van der Waals surface area contributed by atoms with Crippen LogP contribution >= 0.6 is 0 Å². The fourth-order valence-electron chi connectivity index (χ4n) is 4.15. The second kappa shape index (κ2) is 8.69. The first-order chi connectivity index (χ1) is 13.7. The number of rotatable bonds is 4. The summed E-state index contributed by atoms with van der Waals surface area (Å²) in [6.45, 7) is 3.49. The number of carbonyl (C=O) groups excluding carboxylic acids is 2. The van der Waals surface area contributed by atoms with Gasteiger partial charge in [-0.25, -0.2) is 4.98 Å². The van der Waals surface area contributed by atoms with Crippen molar-refractivity contribution in [2.45, 2.75) is 25.7 Å². The highest BCUT2D eigenvalue weighted by atomic mass is 16.5. The van der Waals surface area contributed by atoms with Crippen LogP contribution in [0.2, 0.25) is 0 Å². The Labute approximate surface area is 165 Å². The molecule has 3 heterocycles. The van der Waals surface area contributed by atoms with Crippen LogP contribution in [0.15, 0.2) is 36.4 Å². The molecule has 148 valence electrons. The lowest BCUT2D eigenvalue weighted by molar-refractivity contribution is -0.140. The second-order valence-corrected chi connectivity index (χ2v) is 7.78. The van der Waals surface area contributed by atoms with E-state index in [0.29, 0.717) is 31.4 Å². The molecule has 2 amide bonds. The van der Waals surface area contributed by atoms with Gasteiger partial charge < -0.3 is 15.0 Å². The predicted molar refractivity (Wildman–Crippen MR) is 107 cm³/mol. The molecule has 2 aromatic rings. The number of carbonyl (C=O) groups is 2. The molecule has 1 aromatic heterocycles. The topological polar surface area (TPSA) is 71.5 Å². The molecule has 0 unspecified atom stereocenters. The minimum absolute atomic E-state index is 0.101. The number of aromatic nitrogens is 1. The van der Waals surface area contributed by atoms with Crippen LogP contribution in [0.3, 0.4) is 0 Å². The highest BCUT2D eigenvalue weighted by molar-refractivity contribution is 5.94. The van der Waals surface area contributed by atoms with Crippen LogP contribution in [0.5, 0.6) is 0 Å². The number of ether oxygens (including phenoxy) is 1. The zero-order chi connectivity index (χ0) is 19.3. The Hall–Kier alpha value is -2.47. The number of benzene rings is 1. The van der Waals surface area contributed by atoms with Gasteiger partial charge in [0.15, 0.2) is 0 Å². The molecule has 2 fully saturated rings. The average Bonchev–Trinajstić information content (AvgIpc) is 2.77. The van der Waals surface area contributed by atoms with Gasteiger partial charge in [0.05, 0.1) is 5.52 Å². The van der Waals surface area contributed by atoms with Crippen LogP contribution in [0.25, 0.3) is 10.9 Å². The third kappa shape index (κ3) is 4.33. The zero-order valence-electron chi connectivity index (χ0n) is 16.1. The molecule has 1 aromatic carbocycles. The van der Waals surface area contributed by atoms with Crippen LogP contribution in [-0.4, -0.2) is 54.5 Å². The van der Waals surface area contributed by atoms with Gasteiger partial charge in [0.1, 0.15) is 5.69 Å². The van der Waals surface area contributed by atoms with E-state index in [2.05, 4.69) is 10.3 Å². The number of fused-ring (bicyclic) bond motifs is 1. The van der Waals surface area contributed by atoms with Crippen molar-refractivity contribution in [1.29, 1.82) is 0 Å². The maximum absolute atomic E-state index is 12.8. The van der Waals surface area contributed by atoms with Crippen molar-refractivity contribution in [1.82, 2.24) is 15.2 Å². The quantitative estimate of drug-likeness (QED) is 0.884. The molecule has 0 bridgehead atoms. The molecule has 28 heavy (non-hydrogen) atoms. The summed E-state index contributed by atoms with van der Waals surface area (Å²) in [5.74, 6) is 0.500. The van der Waals surface area contributed by atoms with Crippen LogP contribution in [0.1, 0.15) is 36.2 Å². The number of piperidine rings is 1. The lowest BCUT2D eigenvalue weighted by Gasteiger charge is -2.36. The van der Waals surface area contributed by atoms with E-state index in [1.165, 1.54) is 0 Å². The smallest absolute Gasteiger partial charge is 0.269 e. The Kier molecular flexibility index (Phi) is 5.86. The van der Waals surface area contributed by atoms with E-state index in [-0.39, 0.29) is 17.7 Å². The average molecular weight is 381 g/mol. The van der Waals surface area contributed by atoms with E-state index in [0.717, 1.165) is 49.7 Å². The van der Waals surface area contributed by atoms with Crippen molar-refractivity contribution in [3.05, 3.63) is 42.1 Å². The minimum Gasteiger partial charge on any atom is -0.381 e. The maximum atomic E-state index is 12.8. The standard InChI is InChI=1S/C22H27N3O3/c26-21(20-8-7-17-5-1-2-6-19(17)24-20)23-14-16-4-3-11-25(15-16)22(27)18-9-12-28-13-10-18/h1-2,5-8,16,18H,3-4,9-15H2,(H,23,26)/t16-/m1/s1. The first-order valence-electron chi connectivity index (χ1n) is 10.2. The SMILES string of the molecule is O=C(NC[C@H]1CCCN(C(=O)C2CCOCC2)C1)c1ccc2ccccc2n1. The van der Waals surface area contributed by atoms with Gasteiger partial charge in [0.2, 0.25) is 5.91 Å². The van der Waals surface area contributed by atoms with Crippen molar-refractivity contribution in [3.8, 4) is 0 Å². The van der Waals surface area contributed by atoms with E-state index in [4.69, 9.17) is 4.74 Å². The van der Waals surface area contributed by atoms with Gasteiger partial charge in [0.25, 0.3) is 5.91 Å². The number of para-hydroxylation sites is 1. The van der Waals surface area contributed by atoms with Gasteiger partial charge in [0, 0.05) is 44.2 Å². The van der Waals surface area contributed by atoms with Crippen LogP contribution in [0.4, 0.5) is 0 Å². The maximum Gasteiger partial charge on any atom is 0.269 e. The summed E-state index contributed by atoms with van der Waals surface area (Å²) < 4.78 is 5.37. The summed E-state index contributed by atoms with van der Waals surface area (Å²) in [5.41, 5.74) is 1.26. The first-order valence-corrected chi connectivity index (χ1v) is 10.2. The van der Waals surface area contributed by atoms with Crippen molar-refractivity contribution in [2.75, 3.05) is 32.8 Å². The number of likely N-dealkylation sites (tertiary alicyclic amines) is 1. The zero-order valence-corrected chi connectivity index (χ0v) is 16.1. The van der Waals surface area contributed by atoms with E-state index >= 15 is 0 Å². The minimum atomic E-state index is -0.154. The Bertz CT molecular complexity index is 848. The number of hydrogen-bond donors (Lipinski definition) is 1. The van der Waals surface area contributed by atoms with Gasteiger partial charge in [-0.05, 0) is 43.7 Å². The van der Waals surface area contributed by atoms with Crippen molar-refractivity contribution in [3.63, 3.8) is 0 Å². The van der Waals surface area contributed by atoms with Crippen molar-refractivity contribution >= 4 is 22.7 Å². The fourth-order valence-corrected chi connectivity index (χ4v) is 4.15. The monoisotopic (exact) mass is 381 g/mol. The third-order valence-electron chi connectivity index (χ3n) is 5.78. The van der Waals surface area contributed by atoms with Gasteiger partial charge in [-0.2, -0.15) is 0 Å². The number of nitrogens with zero attached hydrogens (tertiary/aromatic N) is 2. The van der Waals surface area contributed by atoms with Crippen molar-refractivity contribution < 1.29 is 14.3 Å². The largest absolute Gasteiger partial charge is 0.381 e. The molecule has 4 rings (SSSR count). The Morgan fingerprint density at radius 3 is 2.79 bits per heavy atom. The molecule has 2 saturated heterocycles. The first kappa shape index (κ1) is 18.9. The molecule has 6 heteroatoms. The summed E-state index contributed by atoms with van der Waals surface area (Å²) >= 11 is 0. The lowest BCUT2D eigenvalue weighted by atomic mass is 9.93. The highest BCUT2D eigenvalue weighted by Gasteiger charge is 2.30. The predicted octanol–water partition coefficient (Wildman–Crippen LogP) is 2.63. The summed E-state index contributed by atoms with van der Waals surface area (Å²) in [7, 11) is 0. The molecule has 0 aliphatic carbocycles. The third-order valence-corrected chi connectivity index (χ3v) is 5.78. The second-order valence-electron chi connectivity index (χ2n) is 7.78. The fraction of sp³-hybridized carbons (Fsp3) is 0.500. The van der Waals surface area contributed by atoms with E-state index in [9.17, 15) is 9.59 Å². The molecule has 0 radical (unpaired) electrons. The van der Waals surface area contributed by atoms with Crippen LogP contribution in [0, 0.1) is 11.8 Å².